The largest absolute Gasteiger partial charge is 0.415 e. The molecule has 2 radical (unpaired) electrons. The fourth-order valence-electron chi connectivity index (χ4n) is 1.45. The average Bonchev–Trinajstić information content (AvgIpc) is 2.43. The first-order chi connectivity index (χ1) is 9.41. The van der Waals surface area contributed by atoms with Gasteiger partial charge >= 0.3 is 0 Å². The molecular weight excluding hydrogens is 260 g/mol. The van der Waals surface area contributed by atoms with Gasteiger partial charge in [0, 0.05) is 6.61 Å². The van der Waals surface area contributed by atoms with Crippen molar-refractivity contribution in [2.45, 2.75) is 45.6 Å². The van der Waals surface area contributed by atoms with E-state index in [1.807, 2.05) is 0 Å². The first-order valence-electron chi connectivity index (χ1n) is 7.49. The van der Waals surface area contributed by atoms with Gasteiger partial charge in [-0.05, 0) is 12.5 Å². The molecule has 0 amide bonds. The van der Waals surface area contributed by atoms with Crippen LogP contribution in [0.3, 0.4) is 0 Å². The van der Waals surface area contributed by atoms with Crippen LogP contribution in [0.1, 0.15) is 39.5 Å². The summed E-state index contributed by atoms with van der Waals surface area (Å²) in [6.45, 7) is 9.14. The van der Waals surface area contributed by atoms with Crippen molar-refractivity contribution in [3.8, 4) is 0 Å². The number of hydrogen-bond acceptors (Lipinski definition) is 4. The van der Waals surface area contributed by atoms with E-state index < -0.39 is 0 Å². The molecule has 0 unspecified atom stereocenters. The summed E-state index contributed by atoms with van der Waals surface area (Å²) >= 11 is 0. The van der Waals surface area contributed by atoms with Gasteiger partial charge in [-0.3, -0.25) is 0 Å². The van der Waals surface area contributed by atoms with Crippen molar-refractivity contribution in [3.05, 3.63) is 0 Å². The van der Waals surface area contributed by atoms with Crippen molar-refractivity contribution in [2.24, 2.45) is 0 Å². The first kappa shape index (κ1) is 19.1. The van der Waals surface area contributed by atoms with Gasteiger partial charge in [0.1, 0.15) is 0 Å². The third-order valence-corrected chi connectivity index (χ3v) is 3.16. The molecule has 0 saturated heterocycles. The molecule has 0 aliphatic heterocycles. The molecule has 0 aromatic heterocycles. The Balaban J connectivity index is 2.88. The van der Waals surface area contributed by atoms with Crippen LogP contribution in [-0.4, -0.2) is 56.0 Å². The standard InChI is InChI=1S/C14H30O4Si/c1-3-5-6-7-8-15-9-10-16-11-12-17-13-14-18-19-4-2/h3-14H2,1-2H3. The molecule has 0 fully saturated rings. The Morgan fingerprint density at radius 3 is 1.79 bits per heavy atom. The fraction of sp³-hybridized carbons (Fsp3) is 1.00. The first-order valence-corrected chi connectivity index (χ1v) is 8.61. The molecule has 19 heavy (non-hydrogen) atoms. The maximum atomic E-state index is 5.47. The third-order valence-electron chi connectivity index (χ3n) is 2.46. The molecule has 0 aliphatic rings. The summed E-state index contributed by atoms with van der Waals surface area (Å²) in [7, 11) is 0.598. The van der Waals surface area contributed by atoms with Crippen molar-refractivity contribution in [2.75, 3.05) is 46.2 Å². The lowest BCUT2D eigenvalue weighted by atomic mass is 10.2. The van der Waals surface area contributed by atoms with E-state index in [9.17, 15) is 0 Å². The van der Waals surface area contributed by atoms with Crippen LogP contribution >= 0.6 is 0 Å². The minimum atomic E-state index is 0.598. The van der Waals surface area contributed by atoms with Crippen LogP contribution in [0, 0.1) is 0 Å². The molecule has 114 valence electrons. The van der Waals surface area contributed by atoms with Gasteiger partial charge in [-0.15, -0.1) is 0 Å². The summed E-state index contributed by atoms with van der Waals surface area (Å²) in [5.41, 5.74) is 0. The maximum absolute atomic E-state index is 5.47. The summed E-state index contributed by atoms with van der Waals surface area (Å²) in [6, 6.07) is 1.08. The quantitative estimate of drug-likeness (QED) is 0.323. The maximum Gasteiger partial charge on any atom is 0.229 e. The van der Waals surface area contributed by atoms with Crippen molar-refractivity contribution < 1.29 is 18.6 Å². The number of unbranched alkanes of at least 4 members (excludes halogenated alkanes) is 3. The van der Waals surface area contributed by atoms with E-state index in [1.54, 1.807) is 0 Å². The molecule has 0 spiro atoms. The Labute approximate surface area is 121 Å². The zero-order valence-electron chi connectivity index (χ0n) is 12.6. The normalized spacial score (nSPS) is 11.1. The SMILES string of the molecule is CCCCCCOCCOCCOCCO[Si]CC. The van der Waals surface area contributed by atoms with Gasteiger partial charge in [-0.25, -0.2) is 0 Å². The number of ether oxygens (including phenoxy) is 3. The second-order valence-corrected chi connectivity index (χ2v) is 5.53. The van der Waals surface area contributed by atoms with Crippen molar-refractivity contribution >= 4 is 9.76 Å². The Hall–Kier alpha value is 0.0569. The Bertz CT molecular complexity index is 142. The zero-order chi connectivity index (χ0) is 14.0. The van der Waals surface area contributed by atoms with Gasteiger partial charge in [0.25, 0.3) is 0 Å². The smallest absolute Gasteiger partial charge is 0.229 e. The highest BCUT2D eigenvalue weighted by atomic mass is 28.2. The summed E-state index contributed by atoms with van der Waals surface area (Å²) in [5, 5.41) is 0. The van der Waals surface area contributed by atoms with E-state index in [4.69, 9.17) is 18.6 Å². The summed E-state index contributed by atoms with van der Waals surface area (Å²) in [4.78, 5) is 0. The molecule has 0 aromatic carbocycles. The predicted molar refractivity (Wildman–Crippen MR) is 78.8 cm³/mol. The molecule has 0 aliphatic carbocycles. The van der Waals surface area contributed by atoms with Crippen LogP contribution < -0.4 is 0 Å². The van der Waals surface area contributed by atoms with E-state index >= 15 is 0 Å². The molecule has 0 bridgehead atoms. The second-order valence-electron chi connectivity index (χ2n) is 4.24. The van der Waals surface area contributed by atoms with Crippen LogP contribution in [0.4, 0.5) is 0 Å². The van der Waals surface area contributed by atoms with Crippen LogP contribution in [-0.2, 0) is 18.6 Å². The fourth-order valence-corrected chi connectivity index (χ4v) is 1.88. The lowest BCUT2D eigenvalue weighted by Crippen LogP contribution is -2.12. The highest BCUT2D eigenvalue weighted by Gasteiger charge is 1.93. The average molecular weight is 290 g/mol. The lowest BCUT2D eigenvalue weighted by molar-refractivity contribution is 0.00893. The minimum absolute atomic E-state index is 0.598. The Morgan fingerprint density at radius 2 is 1.21 bits per heavy atom. The lowest BCUT2D eigenvalue weighted by Gasteiger charge is -2.07. The van der Waals surface area contributed by atoms with E-state index in [1.165, 1.54) is 19.3 Å². The van der Waals surface area contributed by atoms with Gasteiger partial charge in [-0.1, -0.05) is 33.1 Å². The monoisotopic (exact) mass is 290 g/mol. The third kappa shape index (κ3) is 18.1. The summed E-state index contributed by atoms with van der Waals surface area (Å²) < 4.78 is 21.6. The van der Waals surface area contributed by atoms with E-state index in [0.29, 0.717) is 49.4 Å². The van der Waals surface area contributed by atoms with Crippen LogP contribution in [0.5, 0.6) is 0 Å². The molecule has 0 aromatic rings. The molecule has 0 atom stereocenters. The second kappa shape index (κ2) is 18.1. The minimum Gasteiger partial charge on any atom is -0.415 e. The van der Waals surface area contributed by atoms with Crippen molar-refractivity contribution in [1.82, 2.24) is 0 Å². The van der Waals surface area contributed by atoms with Gasteiger partial charge < -0.3 is 18.6 Å². The topological polar surface area (TPSA) is 36.9 Å². The van der Waals surface area contributed by atoms with E-state index in [0.717, 1.165) is 19.1 Å². The van der Waals surface area contributed by atoms with Gasteiger partial charge in [0.2, 0.25) is 9.76 Å². The van der Waals surface area contributed by atoms with Crippen molar-refractivity contribution in [1.29, 1.82) is 0 Å². The molecular formula is C14H30O4Si. The number of hydrogen-bond donors (Lipinski definition) is 0. The zero-order valence-corrected chi connectivity index (χ0v) is 13.6. The predicted octanol–water partition coefficient (Wildman–Crippen LogP) is 2.69. The van der Waals surface area contributed by atoms with E-state index in [2.05, 4.69) is 13.8 Å². The summed E-state index contributed by atoms with van der Waals surface area (Å²) in [6.07, 6.45) is 5.01. The summed E-state index contributed by atoms with van der Waals surface area (Å²) in [5.74, 6) is 0. The van der Waals surface area contributed by atoms with Gasteiger partial charge in [0.05, 0.1) is 39.6 Å². The Kier molecular flexibility index (Phi) is 18.1. The highest BCUT2D eigenvalue weighted by Crippen LogP contribution is 1.98. The molecule has 4 nitrogen and oxygen atoms in total. The van der Waals surface area contributed by atoms with Gasteiger partial charge in [0.15, 0.2) is 0 Å². The highest BCUT2D eigenvalue weighted by molar-refractivity contribution is 6.26. The van der Waals surface area contributed by atoms with Gasteiger partial charge in [-0.2, -0.15) is 0 Å². The number of rotatable bonds is 16. The van der Waals surface area contributed by atoms with Crippen LogP contribution in [0.15, 0.2) is 0 Å². The molecule has 0 saturated carbocycles. The molecule has 0 rings (SSSR count). The molecule has 0 heterocycles. The Morgan fingerprint density at radius 1 is 0.632 bits per heavy atom. The van der Waals surface area contributed by atoms with Crippen molar-refractivity contribution in [3.63, 3.8) is 0 Å². The van der Waals surface area contributed by atoms with E-state index in [-0.39, 0.29) is 0 Å². The van der Waals surface area contributed by atoms with Crippen LogP contribution in [0.2, 0.25) is 6.04 Å². The van der Waals surface area contributed by atoms with Crippen LogP contribution in [0.25, 0.3) is 0 Å². The molecule has 5 heteroatoms. The molecule has 0 N–H and O–H groups in total.